The van der Waals surface area contributed by atoms with Crippen LogP contribution in [0.3, 0.4) is 0 Å². The van der Waals surface area contributed by atoms with Crippen LogP contribution in [0.4, 0.5) is 0 Å². The minimum absolute atomic E-state index is 0.234. The van der Waals surface area contributed by atoms with Crippen LogP contribution in [0.2, 0.25) is 5.02 Å². The van der Waals surface area contributed by atoms with Crippen molar-refractivity contribution >= 4 is 28.5 Å². The van der Waals surface area contributed by atoms with E-state index in [0.717, 1.165) is 17.5 Å². The normalized spacial score (nSPS) is 10.8. The summed E-state index contributed by atoms with van der Waals surface area (Å²) in [5.41, 5.74) is 3.26. The van der Waals surface area contributed by atoms with E-state index >= 15 is 0 Å². The number of carboxylic acid groups (broad SMARTS) is 1. The number of methoxy groups -OCH3 is 1. The predicted octanol–water partition coefficient (Wildman–Crippen LogP) is 4.82. The van der Waals surface area contributed by atoms with E-state index in [0.29, 0.717) is 27.4 Å². The van der Waals surface area contributed by atoms with Gasteiger partial charge in [-0.15, -0.1) is 0 Å². The summed E-state index contributed by atoms with van der Waals surface area (Å²) in [6.07, 6.45) is 0.838. The molecule has 5 heteroatoms. The second-order valence-electron chi connectivity index (χ2n) is 5.41. The maximum Gasteiger partial charge on any atom is 0.336 e. The lowest BCUT2D eigenvalue weighted by molar-refractivity contribution is 0.0699. The molecule has 0 atom stereocenters. The number of fused-ring (bicyclic) bond motifs is 1. The second-order valence-corrected chi connectivity index (χ2v) is 5.82. The van der Waals surface area contributed by atoms with E-state index in [2.05, 4.69) is 4.98 Å². The number of benzene rings is 2. The highest BCUT2D eigenvalue weighted by atomic mass is 35.5. The third kappa shape index (κ3) is 2.93. The molecular formula is C19H16ClNO3. The Bertz CT molecular complexity index is 937. The molecule has 0 amide bonds. The third-order valence-electron chi connectivity index (χ3n) is 3.96. The second kappa shape index (κ2) is 6.49. The van der Waals surface area contributed by atoms with Gasteiger partial charge in [0.05, 0.1) is 28.9 Å². The molecule has 1 N–H and O–H groups in total. The van der Waals surface area contributed by atoms with Gasteiger partial charge in [-0.25, -0.2) is 9.78 Å². The van der Waals surface area contributed by atoms with Gasteiger partial charge in [0.1, 0.15) is 5.75 Å². The molecule has 4 nitrogen and oxygen atoms in total. The van der Waals surface area contributed by atoms with Crippen LogP contribution in [0.15, 0.2) is 42.5 Å². The standard InChI is InChI=1S/C19H16ClNO3/c1-3-11-4-6-16-13(8-11)14(19(22)23)10-17(21-16)12-5-7-18(24-2)15(20)9-12/h4-10H,3H2,1-2H3,(H,22,23). The van der Waals surface area contributed by atoms with Crippen LogP contribution in [-0.2, 0) is 6.42 Å². The van der Waals surface area contributed by atoms with Gasteiger partial charge in [0.15, 0.2) is 0 Å². The van der Waals surface area contributed by atoms with E-state index in [9.17, 15) is 9.90 Å². The molecule has 3 aromatic rings. The topological polar surface area (TPSA) is 59.4 Å². The molecular weight excluding hydrogens is 326 g/mol. The van der Waals surface area contributed by atoms with Crippen LogP contribution in [-0.4, -0.2) is 23.2 Å². The van der Waals surface area contributed by atoms with E-state index in [1.54, 1.807) is 25.3 Å². The molecule has 0 fully saturated rings. The zero-order valence-electron chi connectivity index (χ0n) is 13.3. The average molecular weight is 342 g/mol. The van der Waals surface area contributed by atoms with Gasteiger partial charge < -0.3 is 9.84 Å². The first-order valence-corrected chi connectivity index (χ1v) is 7.92. The number of hydrogen-bond acceptors (Lipinski definition) is 3. The fourth-order valence-electron chi connectivity index (χ4n) is 2.64. The summed E-state index contributed by atoms with van der Waals surface area (Å²) in [5, 5.41) is 10.7. The largest absolute Gasteiger partial charge is 0.495 e. The van der Waals surface area contributed by atoms with Crippen molar-refractivity contribution in [3.63, 3.8) is 0 Å². The summed E-state index contributed by atoms with van der Waals surface area (Å²) >= 11 is 6.17. The van der Waals surface area contributed by atoms with Crippen molar-refractivity contribution in [2.24, 2.45) is 0 Å². The summed E-state index contributed by atoms with van der Waals surface area (Å²) in [5.74, 6) is -0.413. The van der Waals surface area contributed by atoms with Crippen LogP contribution < -0.4 is 4.74 Å². The molecule has 24 heavy (non-hydrogen) atoms. The first kappa shape index (κ1) is 16.3. The molecule has 0 aliphatic heterocycles. The van der Waals surface area contributed by atoms with Crippen molar-refractivity contribution < 1.29 is 14.6 Å². The van der Waals surface area contributed by atoms with Crippen molar-refractivity contribution in [1.29, 1.82) is 0 Å². The Labute approximate surface area is 144 Å². The van der Waals surface area contributed by atoms with Gasteiger partial charge >= 0.3 is 5.97 Å². The van der Waals surface area contributed by atoms with Crippen molar-refractivity contribution in [2.75, 3.05) is 7.11 Å². The van der Waals surface area contributed by atoms with Gasteiger partial charge in [-0.2, -0.15) is 0 Å². The van der Waals surface area contributed by atoms with Gasteiger partial charge in [-0.05, 0) is 48.4 Å². The van der Waals surface area contributed by atoms with Gasteiger partial charge in [0.2, 0.25) is 0 Å². The lowest BCUT2D eigenvalue weighted by Gasteiger charge is -2.10. The van der Waals surface area contributed by atoms with Gasteiger partial charge in [-0.3, -0.25) is 0 Å². The van der Waals surface area contributed by atoms with Crippen LogP contribution >= 0.6 is 11.6 Å². The number of aromatic carboxylic acids is 1. The maximum atomic E-state index is 11.7. The molecule has 1 heterocycles. The van der Waals surface area contributed by atoms with Crippen LogP contribution in [0.1, 0.15) is 22.8 Å². The molecule has 3 rings (SSSR count). The molecule has 0 aliphatic carbocycles. The van der Waals surface area contributed by atoms with Crippen molar-refractivity contribution in [1.82, 2.24) is 4.98 Å². The Balaban J connectivity index is 2.22. The van der Waals surface area contributed by atoms with Crippen LogP contribution in [0.5, 0.6) is 5.75 Å². The van der Waals surface area contributed by atoms with Crippen molar-refractivity contribution in [3.8, 4) is 17.0 Å². The fraction of sp³-hybridized carbons (Fsp3) is 0.158. The highest BCUT2D eigenvalue weighted by Gasteiger charge is 2.14. The number of pyridine rings is 1. The summed E-state index contributed by atoms with van der Waals surface area (Å²) in [6, 6.07) is 12.6. The minimum Gasteiger partial charge on any atom is -0.495 e. The number of carboxylic acids is 1. The number of nitrogens with zero attached hydrogens (tertiary/aromatic N) is 1. The fourth-order valence-corrected chi connectivity index (χ4v) is 2.90. The molecule has 2 aromatic carbocycles. The Morgan fingerprint density at radius 1 is 1.21 bits per heavy atom. The highest BCUT2D eigenvalue weighted by Crippen LogP contribution is 2.31. The molecule has 0 spiro atoms. The van der Waals surface area contributed by atoms with Gasteiger partial charge in [0.25, 0.3) is 0 Å². The Kier molecular flexibility index (Phi) is 4.40. The zero-order chi connectivity index (χ0) is 17.3. The third-order valence-corrected chi connectivity index (χ3v) is 4.25. The monoisotopic (exact) mass is 341 g/mol. The Hall–Kier alpha value is -2.59. The Morgan fingerprint density at radius 3 is 2.62 bits per heavy atom. The summed E-state index contributed by atoms with van der Waals surface area (Å²) in [6.45, 7) is 2.03. The van der Waals surface area contributed by atoms with E-state index in [4.69, 9.17) is 16.3 Å². The summed E-state index contributed by atoms with van der Waals surface area (Å²) in [7, 11) is 1.54. The molecule has 0 aliphatic rings. The van der Waals surface area contributed by atoms with E-state index in [-0.39, 0.29) is 5.56 Å². The molecule has 1 aromatic heterocycles. The lowest BCUT2D eigenvalue weighted by Crippen LogP contribution is -2.01. The highest BCUT2D eigenvalue weighted by molar-refractivity contribution is 6.32. The number of aromatic nitrogens is 1. The molecule has 0 bridgehead atoms. The average Bonchev–Trinajstić information content (AvgIpc) is 2.60. The van der Waals surface area contributed by atoms with Crippen LogP contribution in [0.25, 0.3) is 22.2 Å². The molecule has 0 radical (unpaired) electrons. The molecule has 0 unspecified atom stereocenters. The van der Waals surface area contributed by atoms with E-state index in [1.165, 1.54) is 0 Å². The number of aryl methyl sites for hydroxylation is 1. The summed E-state index contributed by atoms with van der Waals surface area (Å²) in [4.78, 5) is 16.3. The SMILES string of the molecule is CCc1ccc2nc(-c3ccc(OC)c(Cl)c3)cc(C(=O)O)c2c1. The van der Waals surface area contributed by atoms with Crippen molar-refractivity contribution in [2.45, 2.75) is 13.3 Å². The first-order chi connectivity index (χ1) is 11.5. The number of ether oxygens (including phenoxy) is 1. The van der Waals surface area contributed by atoms with Crippen molar-refractivity contribution in [3.05, 3.63) is 58.6 Å². The zero-order valence-corrected chi connectivity index (χ0v) is 14.1. The van der Waals surface area contributed by atoms with Gasteiger partial charge in [0, 0.05) is 10.9 Å². The Morgan fingerprint density at radius 2 is 2.00 bits per heavy atom. The number of rotatable bonds is 4. The van der Waals surface area contributed by atoms with Gasteiger partial charge in [-0.1, -0.05) is 24.6 Å². The maximum absolute atomic E-state index is 11.7. The number of halogens is 1. The minimum atomic E-state index is -0.975. The van der Waals surface area contributed by atoms with Crippen LogP contribution in [0, 0.1) is 0 Å². The smallest absolute Gasteiger partial charge is 0.336 e. The predicted molar refractivity (Wildman–Crippen MR) is 95.1 cm³/mol. The lowest BCUT2D eigenvalue weighted by atomic mass is 10.0. The number of carbonyl (C=O) groups is 1. The quantitative estimate of drug-likeness (QED) is 0.738. The summed E-state index contributed by atoms with van der Waals surface area (Å²) < 4.78 is 5.15. The van der Waals surface area contributed by atoms with E-state index in [1.807, 2.05) is 31.2 Å². The molecule has 0 saturated heterocycles. The van der Waals surface area contributed by atoms with E-state index < -0.39 is 5.97 Å². The molecule has 0 saturated carbocycles. The molecule has 122 valence electrons. The number of hydrogen-bond donors (Lipinski definition) is 1. The first-order valence-electron chi connectivity index (χ1n) is 7.54.